The number of ether oxygens (including phenoxy) is 2. The number of aliphatic hydroxyl groups is 1. The highest BCUT2D eigenvalue weighted by Gasteiger charge is 2.39. The van der Waals surface area contributed by atoms with E-state index in [0.717, 1.165) is 24.2 Å². The number of aliphatic hydroxyl groups excluding tert-OH is 1. The van der Waals surface area contributed by atoms with Crippen LogP contribution >= 0.6 is 0 Å². The second kappa shape index (κ2) is 7.32. The summed E-state index contributed by atoms with van der Waals surface area (Å²) in [6.45, 7) is 9.32. The van der Waals surface area contributed by atoms with E-state index in [1.165, 1.54) is 4.90 Å². The van der Waals surface area contributed by atoms with Crippen molar-refractivity contribution in [2.75, 3.05) is 32.8 Å². The quantitative estimate of drug-likeness (QED) is 0.887. The van der Waals surface area contributed by atoms with Crippen molar-refractivity contribution in [2.24, 2.45) is 0 Å². The lowest BCUT2D eigenvalue weighted by Crippen LogP contribution is -2.54. The van der Waals surface area contributed by atoms with E-state index in [0.29, 0.717) is 26.2 Å². The Morgan fingerprint density at radius 1 is 1.28 bits per heavy atom. The van der Waals surface area contributed by atoms with Crippen LogP contribution in [0.5, 0.6) is 0 Å². The molecule has 1 aromatic rings. The standard InChI is InChI=1S/C19H28N2O4/c1-19(2,3)25-18(23)21-15(13-20-8-10-24-11-9-20)12-14-6-4-5-7-16(14)17(21)22/h4-7,15,17,22H,8-13H2,1-3H3. The van der Waals surface area contributed by atoms with Crippen LogP contribution in [-0.2, 0) is 15.9 Å². The van der Waals surface area contributed by atoms with Gasteiger partial charge in [0.15, 0.2) is 6.23 Å². The maximum absolute atomic E-state index is 12.8. The topological polar surface area (TPSA) is 62.2 Å². The van der Waals surface area contributed by atoms with E-state index in [1.807, 2.05) is 45.0 Å². The highest BCUT2D eigenvalue weighted by molar-refractivity contribution is 5.70. The first-order valence-electron chi connectivity index (χ1n) is 8.92. The van der Waals surface area contributed by atoms with Crippen LogP contribution in [0.15, 0.2) is 24.3 Å². The van der Waals surface area contributed by atoms with Crippen LogP contribution in [0.2, 0.25) is 0 Å². The lowest BCUT2D eigenvalue weighted by atomic mass is 9.92. The summed E-state index contributed by atoms with van der Waals surface area (Å²) in [4.78, 5) is 16.6. The van der Waals surface area contributed by atoms with Crippen molar-refractivity contribution in [3.8, 4) is 0 Å². The van der Waals surface area contributed by atoms with Crippen LogP contribution in [0.4, 0.5) is 4.79 Å². The monoisotopic (exact) mass is 348 g/mol. The number of carbonyl (C=O) groups excluding carboxylic acids is 1. The van der Waals surface area contributed by atoms with Gasteiger partial charge in [0, 0.05) is 25.2 Å². The molecule has 6 heteroatoms. The van der Waals surface area contributed by atoms with Gasteiger partial charge >= 0.3 is 6.09 Å². The second-order valence-electron chi connectivity index (χ2n) is 7.73. The van der Waals surface area contributed by atoms with E-state index in [-0.39, 0.29) is 6.04 Å². The van der Waals surface area contributed by atoms with Crippen LogP contribution in [0.1, 0.15) is 38.1 Å². The zero-order valence-corrected chi connectivity index (χ0v) is 15.3. The molecule has 1 N–H and O–H groups in total. The molecule has 2 heterocycles. The normalized spacial score (nSPS) is 24.7. The third-order valence-corrected chi connectivity index (χ3v) is 4.62. The molecule has 1 aromatic carbocycles. The van der Waals surface area contributed by atoms with Crippen molar-refractivity contribution in [3.05, 3.63) is 35.4 Å². The summed E-state index contributed by atoms with van der Waals surface area (Å²) >= 11 is 0. The summed E-state index contributed by atoms with van der Waals surface area (Å²) in [5.41, 5.74) is 1.27. The zero-order valence-electron chi connectivity index (χ0n) is 15.3. The molecule has 0 radical (unpaired) electrons. The Morgan fingerprint density at radius 2 is 1.96 bits per heavy atom. The van der Waals surface area contributed by atoms with Gasteiger partial charge in [-0.15, -0.1) is 0 Å². The minimum absolute atomic E-state index is 0.127. The van der Waals surface area contributed by atoms with Gasteiger partial charge in [0.05, 0.1) is 19.3 Å². The Balaban J connectivity index is 1.84. The van der Waals surface area contributed by atoms with Gasteiger partial charge in [0.25, 0.3) is 0 Å². The van der Waals surface area contributed by atoms with Crippen molar-refractivity contribution in [3.63, 3.8) is 0 Å². The average Bonchev–Trinajstić information content (AvgIpc) is 2.54. The number of rotatable bonds is 2. The second-order valence-corrected chi connectivity index (χ2v) is 7.73. The number of amides is 1. The molecule has 0 aliphatic carbocycles. The molecule has 3 rings (SSSR count). The van der Waals surface area contributed by atoms with Gasteiger partial charge < -0.3 is 14.6 Å². The predicted molar refractivity (Wildman–Crippen MR) is 94.2 cm³/mol. The largest absolute Gasteiger partial charge is 0.444 e. The number of hydrogen-bond donors (Lipinski definition) is 1. The van der Waals surface area contributed by atoms with Crippen LogP contribution < -0.4 is 0 Å². The molecule has 0 spiro atoms. The Labute approximate surface area is 149 Å². The van der Waals surface area contributed by atoms with E-state index in [9.17, 15) is 9.90 Å². The van der Waals surface area contributed by atoms with Gasteiger partial charge in [-0.1, -0.05) is 24.3 Å². The summed E-state index contributed by atoms with van der Waals surface area (Å²) in [6, 6.07) is 7.63. The van der Waals surface area contributed by atoms with Gasteiger partial charge in [0.1, 0.15) is 5.60 Å². The molecular formula is C19H28N2O4. The van der Waals surface area contributed by atoms with Gasteiger partial charge in [-0.25, -0.2) is 4.79 Å². The first-order valence-corrected chi connectivity index (χ1v) is 8.92. The first kappa shape index (κ1) is 18.2. The third-order valence-electron chi connectivity index (χ3n) is 4.62. The molecule has 1 amide bonds. The molecule has 0 bridgehead atoms. The number of benzene rings is 1. The number of nitrogens with zero attached hydrogens (tertiary/aromatic N) is 2. The third kappa shape index (κ3) is 4.32. The van der Waals surface area contributed by atoms with Crippen LogP contribution in [0, 0.1) is 0 Å². The minimum atomic E-state index is -0.981. The molecule has 0 saturated carbocycles. The first-order chi connectivity index (χ1) is 11.8. The molecule has 0 aromatic heterocycles. The number of hydrogen-bond acceptors (Lipinski definition) is 5. The van der Waals surface area contributed by atoms with Gasteiger partial charge in [-0.3, -0.25) is 9.80 Å². The van der Waals surface area contributed by atoms with Crippen molar-refractivity contribution in [1.82, 2.24) is 9.80 Å². The van der Waals surface area contributed by atoms with Crippen LogP contribution in [-0.4, -0.2) is 65.5 Å². The minimum Gasteiger partial charge on any atom is -0.444 e. The van der Waals surface area contributed by atoms with E-state index < -0.39 is 17.9 Å². The summed E-state index contributed by atoms with van der Waals surface area (Å²) in [7, 11) is 0. The number of carbonyl (C=O) groups is 1. The van der Waals surface area contributed by atoms with E-state index in [2.05, 4.69) is 4.90 Å². The lowest BCUT2D eigenvalue weighted by molar-refractivity contribution is -0.0650. The van der Waals surface area contributed by atoms with Crippen molar-refractivity contribution in [2.45, 2.75) is 45.1 Å². The summed E-state index contributed by atoms with van der Waals surface area (Å²) in [6.07, 6.45) is -0.734. The van der Waals surface area contributed by atoms with Crippen LogP contribution in [0.25, 0.3) is 0 Å². The lowest BCUT2D eigenvalue weighted by Gasteiger charge is -2.43. The van der Waals surface area contributed by atoms with Crippen molar-refractivity contribution < 1.29 is 19.4 Å². The Hall–Kier alpha value is -1.63. The summed E-state index contributed by atoms with van der Waals surface area (Å²) in [5.74, 6) is 0. The molecule has 1 saturated heterocycles. The highest BCUT2D eigenvalue weighted by Crippen LogP contribution is 2.33. The highest BCUT2D eigenvalue weighted by atomic mass is 16.6. The maximum atomic E-state index is 12.8. The Morgan fingerprint density at radius 3 is 2.64 bits per heavy atom. The molecule has 2 aliphatic heterocycles. The number of morpholine rings is 1. The van der Waals surface area contributed by atoms with Crippen molar-refractivity contribution >= 4 is 6.09 Å². The SMILES string of the molecule is CC(C)(C)OC(=O)N1C(CN2CCOCC2)Cc2ccccc2C1O. The van der Waals surface area contributed by atoms with Crippen molar-refractivity contribution in [1.29, 1.82) is 0 Å². The molecule has 138 valence electrons. The van der Waals surface area contributed by atoms with E-state index in [1.54, 1.807) is 0 Å². The molecule has 2 unspecified atom stereocenters. The predicted octanol–water partition coefficient (Wildman–Crippen LogP) is 2.17. The summed E-state index contributed by atoms with van der Waals surface area (Å²) < 4.78 is 11.0. The molecule has 1 fully saturated rings. The average molecular weight is 348 g/mol. The van der Waals surface area contributed by atoms with E-state index in [4.69, 9.17) is 9.47 Å². The fourth-order valence-corrected chi connectivity index (χ4v) is 3.47. The van der Waals surface area contributed by atoms with Gasteiger partial charge in [-0.2, -0.15) is 0 Å². The molecule has 2 atom stereocenters. The smallest absolute Gasteiger partial charge is 0.412 e. The zero-order chi connectivity index (χ0) is 18.0. The molecule has 6 nitrogen and oxygen atoms in total. The molecular weight excluding hydrogens is 320 g/mol. The van der Waals surface area contributed by atoms with E-state index >= 15 is 0 Å². The fourth-order valence-electron chi connectivity index (χ4n) is 3.47. The number of fused-ring (bicyclic) bond motifs is 1. The maximum Gasteiger partial charge on any atom is 0.412 e. The fraction of sp³-hybridized carbons (Fsp3) is 0.632. The Kier molecular flexibility index (Phi) is 5.32. The van der Waals surface area contributed by atoms with Gasteiger partial charge in [-0.05, 0) is 32.8 Å². The molecule has 25 heavy (non-hydrogen) atoms. The van der Waals surface area contributed by atoms with Crippen LogP contribution in [0.3, 0.4) is 0 Å². The molecule has 2 aliphatic rings. The van der Waals surface area contributed by atoms with Gasteiger partial charge in [0.2, 0.25) is 0 Å². The Bertz CT molecular complexity index is 608. The summed E-state index contributed by atoms with van der Waals surface area (Å²) in [5, 5.41) is 10.9.